The van der Waals surface area contributed by atoms with E-state index in [1.54, 1.807) is 0 Å². The molecule has 1 aliphatic carbocycles. The van der Waals surface area contributed by atoms with E-state index in [0.717, 1.165) is 12.0 Å². The van der Waals surface area contributed by atoms with Crippen molar-refractivity contribution in [3.8, 4) is 0 Å². The highest BCUT2D eigenvalue weighted by atomic mass is 32.1. The Hall–Kier alpha value is -1.42. The molecule has 108 valence electrons. The standard InChI is InChI=1S/C16H22N2OS/c1-11-6-2-5-9-14(11)18-16(19)13-8-4-3-7-12(13)10-15(17)20/h3-4,7-8,11,14H,2,5-6,9-10H2,1H3,(H2,17,20)(H,18,19). The molecule has 2 unspecified atom stereocenters. The molecule has 0 bridgehead atoms. The zero-order chi connectivity index (χ0) is 14.5. The van der Waals surface area contributed by atoms with E-state index < -0.39 is 0 Å². The van der Waals surface area contributed by atoms with Crippen LogP contribution in [0.4, 0.5) is 0 Å². The van der Waals surface area contributed by atoms with Crippen molar-refractivity contribution in [2.75, 3.05) is 0 Å². The van der Waals surface area contributed by atoms with E-state index >= 15 is 0 Å². The van der Waals surface area contributed by atoms with Crippen molar-refractivity contribution >= 4 is 23.1 Å². The number of rotatable bonds is 4. The minimum Gasteiger partial charge on any atom is -0.393 e. The monoisotopic (exact) mass is 290 g/mol. The maximum atomic E-state index is 12.5. The lowest BCUT2D eigenvalue weighted by molar-refractivity contribution is 0.0909. The number of carbonyl (C=O) groups excluding carboxylic acids is 1. The fourth-order valence-corrected chi connectivity index (χ4v) is 3.02. The smallest absolute Gasteiger partial charge is 0.251 e. The van der Waals surface area contributed by atoms with Crippen molar-refractivity contribution in [1.29, 1.82) is 0 Å². The molecule has 1 fully saturated rings. The summed E-state index contributed by atoms with van der Waals surface area (Å²) >= 11 is 4.95. The summed E-state index contributed by atoms with van der Waals surface area (Å²) in [5.74, 6) is 0.547. The molecule has 0 radical (unpaired) electrons. The molecular formula is C16H22N2OS. The molecule has 1 amide bonds. The molecule has 0 heterocycles. The van der Waals surface area contributed by atoms with Gasteiger partial charge in [-0.15, -0.1) is 0 Å². The normalized spacial score (nSPS) is 22.2. The minimum absolute atomic E-state index is 0.00407. The van der Waals surface area contributed by atoms with Crippen molar-refractivity contribution in [2.24, 2.45) is 11.7 Å². The van der Waals surface area contributed by atoms with E-state index in [0.29, 0.717) is 22.9 Å². The molecule has 3 nitrogen and oxygen atoms in total. The summed E-state index contributed by atoms with van der Waals surface area (Å²) in [6, 6.07) is 7.83. The zero-order valence-electron chi connectivity index (χ0n) is 11.9. The van der Waals surface area contributed by atoms with Gasteiger partial charge in [0.05, 0.1) is 4.99 Å². The largest absolute Gasteiger partial charge is 0.393 e. The van der Waals surface area contributed by atoms with E-state index in [9.17, 15) is 4.79 Å². The van der Waals surface area contributed by atoms with Crippen LogP contribution in [-0.4, -0.2) is 16.9 Å². The Balaban J connectivity index is 2.10. The summed E-state index contributed by atoms with van der Waals surface area (Å²) in [6.07, 6.45) is 5.21. The molecule has 1 aromatic rings. The first-order valence-electron chi connectivity index (χ1n) is 7.25. The fourth-order valence-electron chi connectivity index (χ4n) is 2.86. The topological polar surface area (TPSA) is 55.1 Å². The number of thiocarbonyl (C=S) groups is 1. The van der Waals surface area contributed by atoms with Gasteiger partial charge < -0.3 is 11.1 Å². The van der Waals surface area contributed by atoms with Gasteiger partial charge >= 0.3 is 0 Å². The molecule has 1 saturated carbocycles. The van der Waals surface area contributed by atoms with Crippen molar-refractivity contribution < 1.29 is 4.79 Å². The van der Waals surface area contributed by atoms with Crippen molar-refractivity contribution in [1.82, 2.24) is 5.32 Å². The highest BCUT2D eigenvalue weighted by Crippen LogP contribution is 2.24. The molecule has 20 heavy (non-hydrogen) atoms. The van der Waals surface area contributed by atoms with Crippen molar-refractivity contribution in [3.05, 3.63) is 35.4 Å². The van der Waals surface area contributed by atoms with E-state index in [1.807, 2.05) is 24.3 Å². The van der Waals surface area contributed by atoms with Crippen LogP contribution in [0.3, 0.4) is 0 Å². The third kappa shape index (κ3) is 3.79. The average molecular weight is 290 g/mol. The number of benzene rings is 1. The molecule has 0 aliphatic heterocycles. The lowest BCUT2D eigenvalue weighted by Crippen LogP contribution is -2.41. The summed E-state index contributed by atoms with van der Waals surface area (Å²) < 4.78 is 0. The lowest BCUT2D eigenvalue weighted by atomic mass is 9.85. The predicted octanol–water partition coefficient (Wildman–Crippen LogP) is 2.82. The number of nitrogens with one attached hydrogen (secondary N) is 1. The van der Waals surface area contributed by atoms with E-state index in [1.165, 1.54) is 19.3 Å². The molecular weight excluding hydrogens is 268 g/mol. The summed E-state index contributed by atoms with van der Waals surface area (Å²) in [7, 11) is 0. The SMILES string of the molecule is CC1CCCCC1NC(=O)c1ccccc1CC(N)=S. The Morgan fingerprint density at radius 2 is 2.05 bits per heavy atom. The second kappa shape index (κ2) is 6.84. The van der Waals surface area contributed by atoms with E-state index in [-0.39, 0.29) is 11.9 Å². The fraction of sp³-hybridized carbons (Fsp3) is 0.500. The van der Waals surface area contributed by atoms with Crippen molar-refractivity contribution in [2.45, 2.75) is 45.1 Å². The van der Waals surface area contributed by atoms with Gasteiger partial charge in [0.2, 0.25) is 0 Å². The first-order valence-corrected chi connectivity index (χ1v) is 7.66. The Morgan fingerprint density at radius 1 is 1.35 bits per heavy atom. The van der Waals surface area contributed by atoms with E-state index in [2.05, 4.69) is 12.2 Å². The third-order valence-corrected chi connectivity index (χ3v) is 4.20. The van der Waals surface area contributed by atoms with Gasteiger partial charge in [-0.2, -0.15) is 0 Å². The molecule has 0 spiro atoms. The Bertz CT molecular complexity index is 501. The number of nitrogens with two attached hydrogens (primary N) is 1. The van der Waals surface area contributed by atoms with Crippen LogP contribution >= 0.6 is 12.2 Å². The lowest BCUT2D eigenvalue weighted by Gasteiger charge is -2.29. The molecule has 3 N–H and O–H groups in total. The summed E-state index contributed by atoms with van der Waals surface area (Å²) in [5.41, 5.74) is 7.20. The highest BCUT2D eigenvalue weighted by Gasteiger charge is 2.23. The van der Waals surface area contributed by atoms with Gasteiger partial charge in [0.1, 0.15) is 0 Å². The van der Waals surface area contributed by atoms with Crippen LogP contribution in [0.2, 0.25) is 0 Å². The Morgan fingerprint density at radius 3 is 2.75 bits per heavy atom. The maximum Gasteiger partial charge on any atom is 0.251 e. The van der Waals surface area contributed by atoms with Crippen LogP contribution in [0.15, 0.2) is 24.3 Å². The number of hydrogen-bond donors (Lipinski definition) is 2. The molecule has 0 saturated heterocycles. The second-order valence-corrected chi connectivity index (χ2v) is 6.17. The van der Waals surface area contributed by atoms with Gasteiger partial charge in [-0.25, -0.2) is 0 Å². The Labute approximate surface area is 125 Å². The number of hydrogen-bond acceptors (Lipinski definition) is 2. The van der Waals surface area contributed by atoms with Crippen LogP contribution < -0.4 is 11.1 Å². The quantitative estimate of drug-likeness (QED) is 0.838. The van der Waals surface area contributed by atoms with Crippen LogP contribution in [-0.2, 0) is 6.42 Å². The van der Waals surface area contributed by atoms with Crippen molar-refractivity contribution in [3.63, 3.8) is 0 Å². The molecule has 2 atom stereocenters. The number of carbonyl (C=O) groups is 1. The average Bonchev–Trinajstić information content (AvgIpc) is 2.41. The van der Waals surface area contributed by atoms with Crippen LogP contribution in [0.1, 0.15) is 48.5 Å². The summed E-state index contributed by atoms with van der Waals surface area (Å²) in [6.45, 7) is 2.21. The first kappa shape index (κ1) is 15.0. The molecule has 0 aromatic heterocycles. The van der Waals surface area contributed by atoms with E-state index in [4.69, 9.17) is 18.0 Å². The molecule has 1 aromatic carbocycles. The van der Waals surface area contributed by atoms with Gasteiger partial charge in [0, 0.05) is 18.0 Å². The molecule has 4 heteroatoms. The first-order chi connectivity index (χ1) is 9.58. The minimum atomic E-state index is -0.00407. The highest BCUT2D eigenvalue weighted by molar-refractivity contribution is 7.80. The van der Waals surface area contributed by atoms with Crippen LogP contribution in [0, 0.1) is 5.92 Å². The summed E-state index contributed by atoms with van der Waals surface area (Å²) in [4.78, 5) is 12.9. The number of amides is 1. The maximum absolute atomic E-state index is 12.5. The second-order valence-electron chi connectivity index (χ2n) is 5.64. The molecule has 2 rings (SSSR count). The van der Waals surface area contributed by atoms with Gasteiger partial charge in [-0.05, 0) is 30.4 Å². The van der Waals surface area contributed by atoms with Gasteiger partial charge in [-0.3, -0.25) is 4.79 Å². The molecule has 1 aliphatic rings. The third-order valence-electron chi connectivity index (χ3n) is 4.05. The summed E-state index contributed by atoms with van der Waals surface area (Å²) in [5, 5.41) is 3.18. The van der Waals surface area contributed by atoms with Gasteiger partial charge in [0.25, 0.3) is 5.91 Å². The van der Waals surface area contributed by atoms with Gasteiger partial charge in [-0.1, -0.05) is 50.2 Å². The predicted molar refractivity (Wildman–Crippen MR) is 85.8 cm³/mol. The van der Waals surface area contributed by atoms with Crippen LogP contribution in [0.5, 0.6) is 0 Å². The zero-order valence-corrected chi connectivity index (χ0v) is 12.7. The Kier molecular flexibility index (Phi) is 5.12. The van der Waals surface area contributed by atoms with Gasteiger partial charge in [0.15, 0.2) is 0 Å². The van der Waals surface area contributed by atoms with Crippen LogP contribution in [0.25, 0.3) is 0 Å².